The summed E-state index contributed by atoms with van der Waals surface area (Å²) in [5, 5.41) is 10.5. The minimum atomic E-state index is -0.868. The second-order valence-electron chi connectivity index (χ2n) is 9.52. The smallest absolute Gasteiger partial charge is 0.411 e. The number of unbranched alkanes of at least 4 members (excludes halogenated alkanes) is 1. The molecule has 2 saturated heterocycles. The maximum atomic E-state index is 13.3. The first-order chi connectivity index (χ1) is 14.4. The molecule has 174 valence electrons. The molecule has 2 fully saturated rings. The third-order valence-corrected chi connectivity index (χ3v) is 5.29. The Morgan fingerprint density at radius 3 is 2.55 bits per heavy atom. The van der Waals surface area contributed by atoms with Gasteiger partial charge in [0.2, 0.25) is 0 Å². The number of rotatable bonds is 6. The average Bonchev–Trinajstić information content (AvgIpc) is 3.08. The minimum Gasteiger partial charge on any atom is -0.494 e. The van der Waals surface area contributed by atoms with Crippen molar-refractivity contribution in [2.75, 3.05) is 13.2 Å². The maximum Gasteiger partial charge on any atom is 0.411 e. The molecular weight excluding hydrogens is 404 g/mol. The highest BCUT2D eigenvalue weighted by atomic mass is 16.8. The van der Waals surface area contributed by atoms with E-state index in [2.05, 4.69) is 11.9 Å². The van der Waals surface area contributed by atoms with Crippen LogP contribution in [0.1, 0.15) is 66.0 Å². The van der Waals surface area contributed by atoms with Crippen LogP contribution in [0.15, 0.2) is 16.9 Å². The van der Waals surface area contributed by atoms with Crippen molar-refractivity contribution in [1.29, 1.82) is 0 Å². The topological polar surface area (TPSA) is 110 Å². The van der Waals surface area contributed by atoms with Gasteiger partial charge >= 0.3 is 6.09 Å². The minimum absolute atomic E-state index is 0.237. The highest BCUT2D eigenvalue weighted by Gasteiger charge is 2.61. The molecule has 9 nitrogen and oxygen atoms in total. The van der Waals surface area contributed by atoms with Crippen LogP contribution in [-0.2, 0) is 18.9 Å². The second kappa shape index (κ2) is 8.80. The number of aromatic hydroxyl groups is 1. The Hall–Kier alpha value is -2.10. The molecule has 1 unspecified atom stereocenters. The summed E-state index contributed by atoms with van der Waals surface area (Å²) in [6, 6.07) is 1.60. The predicted molar refractivity (Wildman–Crippen MR) is 113 cm³/mol. The van der Waals surface area contributed by atoms with Gasteiger partial charge in [-0.3, -0.25) is 14.7 Å². The summed E-state index contributed by atoms with van der Waals surface area (Å²) in [6.07, 6.45) is 0.277. The van der Waals surface area contributed by atoms with Crippen LogP contribution in [0.2, 0.25) is 0 Å². The van der Waals surface area contributed by atoms with Crippen LogP contribution in [0, 0.1) is 0 Å². The van der Waals surface area contributed by atoms with Gasteiger partial charge in [0.15, 0.2) is 11.7 Å². The van der Waals surface area contributed by atoms with Crippen molar-refractivity contribution < 1.29 is 28.8 Å². The normalized spacial score (nSPS) is 27.4. The van der Waals surface area contributed by atoms with Crippen molar-refractivity contribution in [3.63, 3.8) is 0 Å². The van der Waals surface area contributed by atoms with E-state index in [1.54, 1.807) is 20.8 Å². The van der Waals surface area contributed by atoms with E-state index in [0.717, 1.165) is 12.8 Å². The highest BCUT2D eigenvalue weighted by Crippen LogP contribution is 2.48. The lowest BCUT2D eigenvalue weighted by molar-refractivity contribution is -0.170. The lowest BCUT2D eigenvalue weighted by atomic mass is 10.0. The van der Waals surface area contributed by atoms with E-state index in [-0.39, 0.29) is 12.5 Å². The summed E-state index contributed by atoms with van der Waals surface area (Å²) in [5.74, 6) is -1.18. The molecule has 3 heterocycles. The molecule has 0 bridgehead atoms. The molecule has 0 radical (unpaired) electrons. The molecule has 2 aliphatic rings. The number of pyridine rings is 1. The maximum absolute atomic E-state index is 13.3. The first-order valence-corrected chi connectivity index (χ1v) is 10.8. The Morgan fingerprint density at radius 2 is 1.94 bits per heavy atom. The first-order valence-electron chi connectivity index (χ1n) is 10.8. The van der Waals surface area contributed by atoms with Gasteiger partial charge in [-0.25, -0.2) is 4.79 Å². The average molecular weight is 439 g/mol. The van der Waals surface area contributed by atoms with E-state index < -0.39 is 47.3 Å². The van der Waals surface area contributed by atoms with E-state index in [1.165, 1.54) is 17.0 Å². The number of carbonyl (C=O) groups excluding carboxylic acids is 1. The first kappa shape index (κ1) is 23.6. The number of aromatic nitrogens is 1. The van der Waals surface area contributed by atoms with E-state index in [9.17, 15) is 14.7 Å². The number of likely N-dealkylation sites (tertiary alicyclic amines) is 1. The van der Waals surface area contributed by atoms with Crippen molar-refractivity contribution in [2.45, 2.75) is 90.1 Å². The lowest BCUT2D eigenvalue weighted by Crippen LogP contribution is -2.47. The third-order valence-electron chi connectivity index (χ3n) is 5.29. The van der Waals surface area contributed by atoms with Crippen LogP contribution >= 0.6 is 0 Å². The standard InChI is InChI=1S/C22H34N2O7/c1-7-8-11-28-12-14-17-18(30-22(5,6)29-17)16(13-9-10-15(25)23-19(13)26)24(14)20(27)31-21(2,3)4/h9-10,14,16-18H,7-8,11-12H2,1-6H3,(H2,23,25,26)/t14-,16?,17-,18+/m1/s1. The zero-order valence-corrected chi connectivity index (χ0v) is 19.1. The van der Waals surface area contributed by atoms with Gasteiger partial charge in [0.1, 0.15) is 17.8 Å². The number of hydrogen-bond donors (Lipinski definition) is 2. The van der Waals surface area contributed by atoms with Crippen LogP contribution in [0.3, 0.4) is 0 Å². The van der Waals surface area contributed by atoms with Crippen molar-refractivity contribution in [2.24, 2.45) is 0 Å². The molecule has 1 aromatic rings. The fourth-order valence-corrected chi connectivity index (χ4v) is 4.11. The largest absolute Gasteiger partial charge is 0.494 e. The number of aromatic amines is 1. The second-order valence-corrected chi connectivity index (χ2v) is 9.52. The molecule has 0 aromatic carbocycles. The van der Waals surface area contributed by atoms with Gasteiger partial charge in [-0.05, 0) is 47.1 Å². The Balaban J connectivity index is 2.02. The van der Waals surface area contributed by atoms with Crippen molar-refractivity contribution in [3.8, 4) is 5.88 Å². The van der Waals surface area contributed by atoms with Crippen molar-refractivity contribution in [1.82, 2.24) is 9.88 Å². The third kappa shape index (κ3) is 5.22. The molecule has 0 spiro atoms. The molecule has 0 saturated carbocycles. The van der Waals surface area contributed by atoms with Gasteiger partial charge in [-0.1, -0.05) is 13.3 Å². The molecule has 3 rings (SSSR count). The zero-order valence-electron chi connectivity index (χ0n) is 19.1. The summed E-state index contributed by atoms with van der Waals surface area (Å²) in [5.41, 5.74) is -0.804. The molecule has 2 N–H and O–H groups in total. The monoisotopic (exact) mass is 438 g/mol. The number of carbonyl (C=O) groups is 1. The SMILES string of the molecule is CCCCOC[C@@H]1[C@H]2OC(C)(C)O[C@H]2C(c2ccc(=O)[nH]c2O)N1C(=O)OC(C)(C)C. The number of fused-ring (bicyclic) bond motifs is 1. The Labute approximate surface area is 182 Å². The van der Waals surface area contributed by atoms with Gasteiger partial charge < -0.3 is 24.1 Å². The molecule has 31 heavy (non-hydrogen) atoms. The Bertz CT molecular complexity index is 845. The fraction of sp³-hybridized carbons (Fsp3) is 0.727. The number of ether oxygens (including phenoxy) is 4. The summed E-state index contributed by atoms with van der Waals surface area (Å²) in [6.45, 7) is 11.9. The number of H-pyrrole nitrogens is 1. The molecular formula is C22H34N2O7. The van der Waals surface area contributed by atoms with Crippen molar-refractivity contribution in [3.05, 3.63) is 28.0 Å². The van der Waals surface area contributed by atoms with Gasteiger partial charge in [0.05, 0.1) is 18.7 Å². The molecule has 4 atom stereocenters. The summed E-state index contributed by atoms with van der Waals surface area (Å²) < 4.78 is 23.9. The van der Waals surface area contributed by atoms with Crippen LogP contribution < -0.4 is 5.56 Å². The molecule has 0 aliphatic carbocycles. The summed E-state index contributed by atoms with van der Waals surface area (Å²) in [7, 11) is 0. The van der Waals surface area contributed by atoms with Crippen molar-refractivity contribution >= 4 is 6.09 Å². The number of nitrogens with zero attached hydrogens (tertiary/aromatic N) is 1. The van der Waals surface area contributed by atoms with Gasteiger partial charge in [0, 0.05) is 18.2 Å². The molecule has 1 amide bonds. The van der Waals surface area contributed by atoms with Gasteiger partial charge in [0.25, 0.3) is 5.56 Å². The number of nitrogens with one attached hydrogen (secondary N) is 1. The molecule has 1 aromatic heterocycles. The number of hydrogen-bond acceptors (Lipinski definition) is 7. The van der Waals surface area contributed by atoms with E-state index in [0.29, 0.717) is 12.2 Å². The van der Waals surface area contributed by atoms with E-state index in [1.807, 2.05) is 13.8 Å². The van der Waals surface area contributed by atoms with Crippen LogP contribution in [0.4, 0.5) is 4.79 Å². The summed E-state index contributed by atoms with van der Waals surface area (Å²) in [4.78, 5) is 28.9. The quantitative estimate of drug-likeness (QED) is 0.657. The summed E-state index contributed by atoms with van der Waals surface area (Å²) >= 11 is 0. The lowest BCUT2D eigenvalue weighted by Gasteiger charge is -2.35. The Morgan fingerprint density at radius 1 is 1.26 bits per heavy atom. The van der Waals surface area contributed by atoms with E-state index in [4.69, 9.17) is 18.9 Å². The van der Waals surface area contributed by atoms with Crippen LogP contribution in [0.25, 0.3) is 0 Å². The van der Waals surface area contributed by atoms with Gasteiger partial charge in [-0.15, -0.1) is 0 Å². The van der Waals surface area contributed by atoms with Gasteiger partial charge in [-0.2, -0.15) is 0 Å². The van der Waals surface area contributed by atoms with Crippen LogP contribution in [0.5, 0.6) is 5.88 Å². The zero-order chi connectivity index (χ0) is 23.0. The van der Waals surface area contributed by atoms with E-state index >= 15 is 0 Å². The van der Waals surface area contributed by atoms with Crippen LogP contribution in [-0.4, -0.2) is 63.9 Å². The predicted octanol–water partition coefficient (Wildman–Crippen LogP) is 3.08. The molecule has 9 heteroatoms. The fourth-order valence-electron chi connectivity index (χ4n) is 4.11. The highest BCUT2D eigenvalue weighted by molar-refractivity contribution is 5.70. The molecule has 2 aliphatic heterocycles. The number of amides is 1. The Kier molecular flexibility index (Phi) is 6.69.